The van der Waals surface area contributed by atoms with Gasteiger partial charge in [-0.05, 0) is 31.0 Å². The molecular formula is C28H36N6O7S. The lowest BCUT2D eigenvalue weighted by Gasteiger charge is -2.23. The van der Waals surface area contributed by atoms with Gasteiger partial charge in [-0.25, -0.2) is 14.8 Å². The minimum absolute atomic E-state index is 0.892. The van der Waals surface area contributed by atoms with Crippen LogP contribution in [0.25, 0.3) is 4.96 Å². The smallest absolute Gasteiger partial charge is 0.336 e. The standard InChI is InChI=1S/C22H28N6S.C6H8O7/c1-18-21(28-13-14-29-22(28)24-18)16-27(11-4-10-26-12-9-23-17-26)15-19-5-7-20(8-6-19)25(2)3;7-3(8)1-6(13,5(11)12)2-4(9)10/h5-9,12-14,17H,4,10-11,15-16H2,1-3H3;13H,1-2H2,(H,7,8)(H,9,10)(H,11,12). The summed E-state index contributed by atoms with van der Waals surface area (Å²) < 4.78 is 4.38. The first-order valence-electron chi connectivity index (χ1n) is 13.1. The van der Waals surface area contributed by atoms with Crippen LogP contribution in [0.5, 0.6) is 0 Å². The highest BCUT2D eigenvalue weighted by atomic mass is 32.1. The van der Waals surface area contributed by atoms with Gasteiger partial charge >= 0.3 is 17.9 Å². The zero-order valence-electron chi connectivity index (χ0n) is 23.8. The van der Waals surface area contributed by atoms with Crippen molar-refractivity contribution in [2.24, 2.45) is 0 Å². The maximum atomic E-state index is 10.3. The summed E-state index contributed by atoms with van der Waals surface area (Å²) in [7, 11) is 4.15. The molecule has 0 saturated carbocycles. The summed E-state index contributed by atoms with van der Waals surface area (Å²) in [5.41, 5.74) is 2.24. The number of aryl methyl sites for hydroxylation is 2. The molecule has 0 aliphatic rings. The summed E-state index contributed by atoms with van der Waals surface area (Å²) >= 11 is 1.69. The number of nitrogens with zero attached hydrogens (tertiary/aromatic N) is 6. The molecular weight excluding hydrogens is 564 g/mol. The van der Waals surface area contributed by atoms with E-state index in [0.29, 0.717) is 0 Å². The lowest BCUT2D eigenvalue weighted by Crippen LogP contribution is -2.42. The van der Waals surface area contributed by atoms with Gasteiger partial charge < -0.3 is 29.9 Å². The predicted octanol–water partition coefficient (Wildman–Crippen LogP) is 2.81. The monoisotopic (exact) mass is 600 g/mol. The molecule has 3 aromatic heterocycles. The van der Waals surface area contributed by atoms with E-state index in [2.05, 4.69) is 80.6 Å². The Kier molecular flexibility index (Phi) is 11.2. The summed E-state index contributed by atoms with van der Waals surface area (Å²) in [5, 5.41) is 35.9. The van der Waals surface area contributed by atoms with Crippen molar-refractivity contribution >= 4 is 39.9 Å². The highest BCUT2D eigenvalue weighted by Crippen LogP contribution is 2.21. The van der Waals surface area contributed by atoms with E-state index in [1.165, 1.54) is 16.9 Å². The molecule has 13 nitrogen and oxygen atoms in total. The number of hydrogen-bond donors (Lipinski definition) is 4. The Morgan fingerprint density at radius 1 is 1.00 bits per heavy atom. The molecule has 4 aromatic rings. The molecule has 0 radical (unpaired) electrons. The zero-order valence-corrected chi connectivity index (χ0v) is 24.6. The van der Waals surface area contributed by atoms with Crippen molar-refractivity contribution in [2.45, 2.75) is 51.4 Å². The van der Waals surface area contributed by atoms with Gasteiger partial charge in [-0.3, -0.25) is 18.9 Å². The van der Waals surface area contributed by atoms with Crippen LogP contribution in [0.1, 0.15) is 36.2 Å². The van der Waals surface area contributed by atoms with Gasteiger partial charge in [-0.2, -0.15) is 0 Å². The summed E-state index contributed by atoms with van der Waals surface area (Å²) in [4.78, 5) is 45.1. The van der Waals surface area contributed by atoms with Gasteiger partial charge in [0.1, 0.15) is 0 Å². The second-order valence-electron chi connectivity index (χ2n) is 10.1. The first-order chi connectivity index (χ1) is 19.9. The van der Waals surface area contributed by atoms with Crippen LogP contribution in [0.3, 0.4) is 0 Å². The molecule has 0 spiro atoms. The van der Waals surface area contributed by atoms with Crippen LogP contribution in [0.4, 0.5) is 5.69 Å². The Labute approximate surface area is 246 Å². The quantitative estimate of drug-likeness (QED) is 0.168. The summed E-state index contributed by atoms with van der Waals surface area (Å²) in [6.07, 6.45) is 6.68. The number of thiazole rings is 1. The Hall–Kier alpha value is -4.27. The number of anilines is 1. The molecule has 0 bridgehead atoms. The third-order valence-electron chi connectivity index (χ3n) is 6.53. The second-order valence-corrected chi connectivity index (χ2v) is 11.0. The van der Waals surface area contributed by atoms with Crippen LogP contribution in [0.2, 0.25) is 0 Å². The van der Waals surface area contributed by atoms with E-state index < -0.39 is 36.4 Å². The van der Waals surface area contributed by atoms with Crippen LogP contribution in [0.15, 0.2) is 54.6 Å². The Balaban J connectivity index is 0.000000316. The highest BCUT2D eigenvalue weighted by Gasteiger charge is 2.40. The highest BCUT2D eigenvalue weighted by molar-refractivity contribution is 7.15. The fourth-order valence-electron chi connectivity index (χ4n) is 4.32. The normalized spacial score (nSPS) is 11.4. The number of benzene rings is 1. The minimum atomic E-state index is -2.74. The van der Waals surface area contributed by atoms with Crippen molar-refractivity contribution in [3.05, 3.63) is 71.5 Å². The molecule has 0 aliphatic heterocycles. The van der Waals surface area contributed by atoms with Gasteiger partial charge in [0.25, 0.3) is 0 Å². The van der Waals surface area contributed by atoms with Crippen LogP contribution >= 0.6 is 11.3 Å². The number of aliphatic hydroxyl groups is 1. The van der Waals surface area contributed by atoms with E-state index in [4.69, 9.17) is 25.4 Å². The van der Waals surface area contributed by atoms with Gasteiger partial charge in [0.15, 0.2) is 10.6 Å². The summed E-state index contributed by atoms with van der Waals surface area (Å²) in [5.74, 6) is -5.02. The number of fused-ring (bicyclic) bond motifs is 1. The molecule has 0 saturated heterocycles. The Morgan fingerprint density at radius 2 is 1.67 bits per heavy atom. The number of rotatable bonds is 14. The van der Waals surface area contributed by atoms with Crippen molar-refractivity contribution in [2.75, 3.05) is 25.5 Å². The van der Waals surface area contributed by atoms with Gasteiger partial charge in [-0.15, -0.1) is 11.3 Å². The predicted molar refractivity (Wildman–Crippen MR) is 157 cm³/mol. The maximum Gasteiger partial charge on any atom is 0.336 e. The molecule has 4 N–H and O–H groups in total. The average molecular weight is 601 g/mol. The fourth-order valence-corrected chi connectivity index (χ4v) is 5.10. The van der Waals surface area contributed by atoms with E-state index in [-0.39, 0.29) is 0 Å². The number of hydrogen-bond acceptors (Lipinski definition) is 9. The first kappa shape index (κ1) is 32.2. The molecule has 1 aromatic carbocycles. The van der Waals surface area contributed by atoms with Crippen molar-refractivity contribution in [1.29, 1.82) is 0 Å². The van der Waals surface area contributed by atoms with Crippen LogP contribution in [0, 0.1) is 6.92 Å². The number of carbonyl (C=O) groups is 3. The van der Waals surface area contributed by atoms with E-state index in [9.17, 15) is 14.4 Å². The Bertz CT molecular complexity index is 1450. The molecule has 0 atom stereocenters. The van der Waals surface area contributed by atoms with Crippen LogP contribution < -0.4 is 4.90 Å². The third kappa shape index (κ3) is 9.12. The topological polar surface area (TPSA) is 174 Å². The molecule has 3 heterocycles. The van der Waals surface area contributed by atoms with E-state index in [1.54, 1.807) is 11.3 Å². The zero-order chi connectivity index (χ0) is 30.9. The van der Waals surface area contributed by atoms with Gasteiger partial charge in [0.2, 0.25) is 0 Å². The van der Waals surface area contributed by atoms with Crippen LogP contribution in [-0.2, 0) is 34.0 Å². The van der Waals surface area contributed by atoms with Crippen molar-refractivity contribution in [3.8, 4) is 0 Å². The summed E-state index contributed by atoms with van der Waals surface area (Å²) in [6, 6.07) is 8.86. The number of carboxylic acids is 3. The van der Waals surface area contributed by atoms with Crippen LogP contribution in [-0.4, -0.2) is 88.4 Å². The molecule has 0 unspecified atom stereocenters. The van der Waals surface area contributed by atoms with Crippen molar-refractivity contribution in [1.82, 2.24) is 23.8 Å². The van der Waals surface area contributed by atoms with Crippen molar-refractivity contribution < 1.29 is 34.8 Å². The fraction of sp³-hybridized carbons (Fsp3) is 0.393. The molecule has 0 aliphatic carbocycles. The molecule has 0 amide bonds. The maximum absolute atomic E-state index is 10.3. The largest absolute Gasteiger partial charge is 0.481 e. The van der Waals surface area contributed by atoms with E-state index in [1.807, 2.05) is 18.7 Å². The first-order valence-corrected chi connectivity index (χ1v) is 14.0. The number of aliphatic carboxylic acids is 3. The molecule has 14 heteroatoms. The molecule has 226 valence electrons. The average Bonchev–Trinajstić information content (AvgIpc) is 3.64. The summed E-state index contributed by atoms with van der Waals surface area (Å²) in [6.45, 7) is 5.93. The van der Waals surface area contributed by atoms with Gasteiger partial charge in [0.05, 0.1) is 30.6 Å². The molecule has 42 heavy (non-hydrogen) atoms. The molecule has 4 rings (SSSR count). The lowest BCUT2D eigenvalue weighted by molar-refractivity contribution is -0.170. The number of aromatic nitrogens is 4. The van der Waals surface area contributed by atoms with E-state index >= 15 is 0 Å². The number of imidazole rings is 2. The molecule has 0 fully saturated rings. The van der Waals surface area contributed by atoms with Gasteiger partial charge in [0, 0.05) is 69.9 Å². The third-order valence-corrected chi connectivity index (χ3v) is 7.29. The Morgan fingerprint density at radius 3 is 2.21 bits per heavy atom. The lowest BCUT2D eigenvalue weighted by atomic mass is 9.96. The number of carboxylic acid groups (broad SMARTS) is 3. The van der Waals surface area contributed by atoms with Gasteiger partial charge in [-0.1, -0.05) is 12.1 Å². The minimum Gasteiger partial charge on any atom is -0.481 e. The van der Waals surface area contributed by atoms with Crippen molar-refractivity contribution in [3.63, 3.8) is 0 Å². The van der Waals surface area contributed by atoms with E-state index in [0.717, 1.165) is 43.3 Å². The SMILES string of the molecule is Cc1nc2sccn2c1CN(CCCn1ccnc1)Cc1ccc(N(C)C)cc1.O=C(O)CC(O)(CC(=O)O)C(=O)O. The second kappa shape index (κ2) is 14.6.